The lowest BCUT2D eigenvalue weighted by Gasteiger charge is -2.33. The fraction of sp³-hybridized carbons (Fsp3) is 0.243. The Morgan fingerprint density at radius 1 is 1.02 bits per heavy atom. The normalized spacial score (nSPS) is 15.0. The predicted molar refractivity (Wildman–Crippen MR) is 181 cm³/mol. The third kappa shape index (κ3) is 6.69. The molecule has 4 aromatic carbocycles. The molecule has 0 saturated heterocycles. The molecule has 0 fully saturated rings. The van der Waals surface area contributed by atoms with E-state index in [-0.39, 0.29) is 11.3 Å². The highest BCUT2D eigenvalue weighted by Crippen LogP contribution is 2.45. The van der Waals surface area contributed by atoms with Crippen LogP contribution in [0.5, 0.6) is 5.75 Å². The topological polar surface area (TPSA) is 50.7 Å². The van der Waals surface area contributed by atoms with Crippen LogP contribution in [0.4, 0.5) is 10.7 Å². The molecule has 0 saturated carbocycles. The molecule has 0 unspecified atom stereocenters. The molecule has 4 nitrogen and oxygen atoms in total. The first kappa shape index (κ1) is 29.2. The van der Waals surface area contributed by atoms with Gasteiger partial charge in [-0.1, -0.05) is 87.0 Å². The fourth-order valence-corrected chi connectivity index (χ4v) is 7.15. The summed E-state index contributed by atoms with van der Waals surface area (Å²) in [5.74, 6) is 1.21. The Morgan fingerprint density at radius 2 is 1.79 bits per heavy atom. The molecule has 1 atom stereocenters. The Morgan fingerprint density at radius 3 is 2.60 bits per heavy atom. The molecule has 1 heterocycles. The SMILES string of the molecule is CC(C)(C)[C@H]1CCc2c(sc(N=Cc3cccc(OCc4cccc5ccccc45)c3)c2C(=O)Nc2ccc(Cl)cc2)C1. The highest BCUT2D eigenvalue weighted by atomic mass is 35.5. The largest absolute Gasteiger partial charge is 0.489 e. The van der Waals surface area contributed by atoms with Crippen LogP contribution in [0.25, 0.3) is 10.8 Å². The van der Waals surface area contributed by atoms with Gasteiger partial charge >= 0.3 is 0 Å². The Hall–Kier alpha value is -3.93. The summed E-state index contributed by atoms with van der Waals surface area (Å²) in [6.45, 7) is 7.39. The lowest BCUT2D eigenvalue weighted by molar-refractivity contribution is 0.102. The van der Waals surface area contributed by atoms with Gasteiger partial charge in [0.05, 0.1) is 5.56 Å². The van der Waals surface area contributed by atoms with Gasteiger partial charge < -0.3 is 10.1 Å². The van der Waals surface area contributed by atoms with Crippen LogP contribution < -0.4 is 10.1 Å². The van der Waals surface area contributed by atoms with E-state index < -0.39 is 0 Å². The summed E-state index contributed by atoms with van der Waals surface area (Å²) >= 11 is 7.71. The number of hydrogen-bond donors (Lipinski definition) is 1. The van der Waals surface area contributed by atoms with Gasteiger partial charge in [0.2, 0.25) is 0 Å². The lowest BCUT2D eigenvalue weighted by atomic mass is 9.72. The van der Waals surface area contributed by atoms with E-state index in [0.717, 1.165) is 46.7 Å². The minimum atomic E-state index is -0.131. The van der Waals surface area contributed by atoms with Crippen LogP contribution in [0, 0.1) is 11.3 Å². The van der Waals surface area contributed by atoms with E-state index in [1.807, 2.05) is 42.6 Å². The fourth-order valence-electron chi connectivity index (χ4n) is 5.76. The summed E-state index contributed by atoms with van der Waals surface area (Å²) in [4.78, 5) is 19.9. The van der Waals surface area contributed by atoms with Crippen molar-refractivity contribution in [1.82, 2.24) is 0 Å². The van der Waals surface area contributed by atoms with Crippen molar-refractivity contribution in [3.63, 3.8) is 0 Å². The first-order valence-electron chi connectivity index (χ1n) is 14.7. The molecule has 43 heavy (non-hydrogen) atoms. The Labute approximate surface area is 262 Å². The number of halogens is 1. The molecule has 6 heteroatoms. The second kappa shape index (κ2) is 12.4. The molecule has 6 rings (SSSR count). The number of nitrogens with zero attached hydrogens (tertiary/aromatic N) is 1. The smallest absolute Gasteiger partial charge is 0.259 e. The van der Waals surface area contributed by atoms with Crippen molar-refractivity contribution in [2.45, 2.75) is 46.6 Å². The van der Waals surface area contributed by atoms with Gasteiger partial charge in [-0.2, -0.15) is 0 Å². The first-order valence-corrected chi connectivity index (χ1v) is 15.9. The summed E-state index contributed by atoms with van der Waals surface area (Å²) in [6.07, 6.45) is 4.75. The minimum absolute atomic E-state index is 0.131. The standard InChI is InChI=1S/C37H35ClN2O2S/c1-37(2,3)27-14-19-32-33(21-27)43-36(34(32)35(41)40-29-17-15-28(38)16-18-29)39-22-24-8-6-12-30(20-24)42-23-26-11-7-10-25-9-4-5-13-31(25)26/h4-13,15-18,20,22,27H,14,19,21,23H2,1-3H3,(H,40,41)/t27-/m0/s1. The highest BCUT2D eigenvalue weighted by Gasteiger charge is 2.33. The number of hydrogen-bond acceptors (Lipinski definition) is 4. The number of rotatable bonds is 7. The second-order valence-electron chi connectivity index (χ2n) is 12.2. The number of thiophene rings is 1. The first-order chi connectivity index (χ1) is 20.7. The second-order valence-corrected chi connectivity index (χ2v) is 13.7. The van der Waals surface area contributed by atoms with Crippen molar-refractivity contribution in [2.75, 3.05) is 5.32 Å². The molecule has 0 bridgehead atoms. The molecule has 1 aromatic heterocycles. The van der Waals surface area contributed by atoms with Gasteiger partial charge in [0.25, 0.3) is 5.91 Å². The number of benzene rings is 4. The number of ether oxygens (including phenoxy) is 1. The van der Waals surface area contributed by atoms with E-state index in [2.05, 4.69) is 68.6 Å². The number of carbonyl (C=O) groups is 1. The number of aliphatic imine (C=N–C) groups is 1. The van der Waals surface area contributed by atoms with Crippen molar-refractivity contribution in [3.8, 4) is 5.75 Å². The summed E-state index contributed by atoms with van der Waals surface area (Å²) in [7, 11) is 0. The zero-order valence-corrected chi connectivity index (χ0v) is 26.3. The number of anilines is 1. The molecule has 0 radical (unpaired) electrons. The van der Waals surface area contributed by atoms with Gasteiger partial charge in [-0.15, -0.1) is 11.3 Å². The van der Waals surface area contributed by atoms with Crippen molar-refractivity contribution in [2.24, 2.45) is 16.3 Å². The average molecular weight is 607 g/mol. The zero-order valence-electron chi connectivity index (χ0n) is 24.7. The molecule has 0 spiro atoms. The molecular formula is C37H35ClN2O2S. The van der Waals surface area contributed by atoms with Crippen LogP contribution in [-0.2, 0) is 19.4 Å². The van der Waals surface area contributed by atoms with Crippen molar-refractivity contribution < 1.29 is 9.53 Å². The third-order valence-corrected chi connectivity index (χ3v) is 9.68. The lowest BCUT2D eigenvalue weighted by Crippen LogP contribution is -2.27. The Kier molecular flexibility index (Phi) is 8.38. The van der Waals surface area contributed by atoms with Gasteiger partial charge in [0, 0.05) is 21.8 Å². The van der Waals surface area contributed by atoms with Crippen LogP contribution in [-0.4, -0.2) is 12.1 Å². The summed E-state index contributed by atoms with van der Waals surface area (Å²) in [6, 6.07) is 29.8. The summed E-state index contributed by atoms with van der Waals surface area (Å²) in [5, 5.41) is 6.85. The Bertz CT molecular complexity index is 1790. The molecule has 1 aliphatic rings. The molecule has 1 aliphatic carbocycles. The molecule has 0 aliphatic heterocycles. The number of amides is 1. The van der Waals surface area contributed by atoms with Crippen LogP contribution in [0.2, 0.25) is 5.02 Å². The zero-order chi connectivity index (χ0) is 30.0. The van der Waals surface area contributed by atoms with Crippen molar-refractivity contribution in [3.05, 3.63) is 123 Å². The van der Waals surface area contributed by atoms with E-state index in [9.17, 15) is 4.79 Å². The van der Waals surface area contributed by atoms with Crippen LogP contribution in [0.15, 0.2) is 96.0 Å². The van der Waals surface area contributed by atoms with Crippen molar-refractivity contribution >= 4 is 56.5 Å². The Balaban J connectivity index is 1.25. The van der Waals surface area contributed by atoms with Gasteiger partial charge in [-0.3, -0.25) is 4.79 Å². The van der Waals surface area contributed by atoms with Crippen LogP contribution in [0.3, 0.4) is 0 Å². The maximum atomic E-state index is 13.7. The van der Waals surface area contributed by atoms with Gasteiger partial charge in [-0.25, -0.2) is 4.99 Å². The predicted octanol–water partition coefficient (Wildman–Crippen LogP) is 10.3. The van der Waals surface area contributed by atoms with E-state index in [1.54, 1.807) is 23.5 Å². The van der Waals surface area contributed by atoms with Crippen molar-refractivity contribution in [1.29, 1.82) is 0 Å². The van der Waals surface area contributed by atoms with E-state index in [1.165, 1.54) is 15.6 Å². The molecular weight excluding hydrogens is 572 g/mol. The van der Waals surface area contributed by atoms with Gasteiger partial charge in [-0.05, 0) is 94.5 Å². The van der Waals surface area contributed by atoms with Crippen LogP contribution in [0.1, 0.15) is 59.1 Å². The molecule has 1 N–H and O–H groups in total. The maximum absolute atomic E-state index is 13.7. The number of fused-ring (bicyclic) bond motifs is 2. The van der Waals surface area contributed by atoms with Gasteiger partial charge in [0.1, 0.15) is 17.4 Å². The quantitative estimate of drug-likeness (QED) is 0.187. The van der Waals surface area contributed by atoms with Gasteiger partial charge in [0.15, 0.2) is 0 Å². The number of carbonyl (C=O) groups excluding carboxylic acids is 1. The summed E-state index contributed by atoms with van der Waals surface area (Å²) in [5.41, 5.74) is 4.80. The molecule has 1 amide bonds. The van der Waals surface area contributed by atoms with Crippen LogP contribution >= 0.6 is 22.9 Å². The summed E-state index contributed by atoms with van der Waals surface area (Å²) < 4.78 is 6.21. The molecule has 5 aromatic rings. The monoisotopic (exact) mass is 606 g/mol. The van der Waals surface area contributed by atoms with E-state index >= 15 is 0 Å². The molecule has 218 valence electrons. The maximum Gasteiger partial charge on any atom is 0.259 e. The van der Waals surface area contributed by atoms with E-state index in [4.69, 9.17) is 21.3 Å². The van der Waals surface area contributed by atoms with E-state index in [0.29, 0.717) is 28.8 Å². The highest BCUT2D eigenvalue weighted by molar-refractivity contribution is 7.16. The average Bonchev–Trinajstić information content (AvgIpc) is 3.38. The number of nitrogens with one attached hydrogen (secondary N) is 1. The third-order valence-electron chi connectivity index (χ3n) is 8.26. The minimum Gasteiger partial charge on any atom is -0.489 e.